The maximum Gasteiger partial charge on any atom is 0.356 e. The lowest BCUT2D eigenvalue weighted by atomic mass is 10.1. The number of carbonyl (C=O) groups is 4. The third-order valence-electron chi connectivity index (χ3n) is 4.74. The smallest absolute Gasteiger partial charge is 0.356 e. The van der Waals surface area contributed by atoms with Gasteiger partial charge >= 0.3 is 5.97 Å². The second-order valence-corrected chi connectivity index (χ2v) is 6.95. The number of carbonyl (C=O) groups excluding carboxylic acids is 4. The Bertz CT molecular complexity index is 1220. The van der Waals surface area contributed by atoms with Gasteiger partial charge in [0.05, 0.1) is 17.4 Å². The summed E-state index contributed by atoms with van der Waals surface area (Å²) in [7, 11) is 0. The van der Waals surface area contributed by atoms with E-state index in [-0.39, 0.29) is 16.8 Å². The van der Waals surface area contributed by atoms with Crippen molar-refractivity contribution in [3.8, 4) is 0 Å². The van der Waals surface area contributed by atoms with E-state index in [1.165, 1.54) is 30.5 Å². The van der Waals surface area contributed by atoms with Crippen molar-refractivity contribution in [1.82, 2.24) is 10.2 Å². The number of hydrogen-bond donors (Lipinski definition) is 1. The highest BCUT2D eigenvalue weighted by Gasteiger charge is 2.36. The molecule has 8 nitrogen and oxygen atoms in total. The highest BCUT2D eigenvalue weighted by molar-refractivity contribution is 6.21. The number of furan rings is 1. The molecule has 0 radical (unpaired) electrons. The first-order valence-electron chi connectivity index (χ1n) is 9.94. The standard InChI is InChI=1S/C25H18N2O6/c28-22(13-12-17-7-2-1-3-8-17)26-21(15-18-9-6-14-32-18)25(31)33-16-27-23(29)19-10-4-5-11-20(19)24(27)30/h1-15H,16H2,(H,26,28)/b13-12+,21-15+. The van der Waals surface area contributed by atoms with Crippen LogP contribution in [-0.4, -0.2) is 35.3 Å². The number of nitrogens with zero attached hydrogens (tertiary/aromatic N) is 1. The number of ether oxygens (including phenoxy) is 1. The second-order valence-electron chi connectivity index (χ2n) is 6.95. The quantitative estimate of drug-likeness (QED) is 0.342. The zero-order chi connectivity index (χ0) is 23.2. The fourth-order valence-corrected chi connectivity index (χ4v) is 3.13. The van der Waals surface area contributed by atoms with Crippen LogP contribution in [0.25, 0.3) is 12.2 Å². The molecule has 8 heteroatoms. The molecule has 1 aliphatic heterocycles. The van der Waals surface area contributed by atoms with Crippen molar-refractivity contribution in [3.63, 3.8) is 0 Å². The lowest BCUT2D eigenvalue weighted by molar-refractivity contribution is -0.142. The summed E-state index contributed by atoms with van der Waals surface area (Å²) in [5.41, 5.74) is 1.06. The van der Waals surface area contributed by atoms with Gasteiger partial charge in [0.25, 0.3) is 11.8 Å². The highest BCUT2D eigenvalue weighted by atomic mass is 16.5. The zero-order valence-corrected chi connectivity index (χ0v) is 17.3. The van der Waals surface area contributed by atoms with Gasteiger partial charge in [-0.15, -0.1) is 0 Å². The number of amides is 3. The Hall–Kier alpha value is -4.72. The molecule has 0 spiro atoms. The molecular formula is C25H18N2O6. The summed E-state index contributed by atoms with van der Waals surface area (Å²) in [6.45, 7) is -0.601. The van der Waals surface area contributed by atoms with Crippen LogP contribution in [0, 0.1) is 0 Å². The monoisotopic (exact) mass is 442 g/mol. The fraction of sp³-hybridized carbons (Fsp3) is 0.0400. The average Bonchev–Trinajstić information content (AvgIpc) is 3.43. The lowest BCUT2D eigenvalue weighted by Crippen LogP contribution is -2.35. The summed E-state index contributed by atoms with van der Waals surface area (Å²) in [5, 5.41) is 2.45. The minimum Gasteiger partial charge on any atom is -0.465 e. The number of nitrogens with one attached hydrogen (secondary N) is 1. The number of benzene rings is 2. The van der Waals surface area contributed by atoms with Gasteiger partial charge in [-0.3, -0.25) is 14.4 Å². The summed E-state index contributed by atoms with van der Waals surface area (Å²) >= 11 is 0. The number of hydrogen-bond acceptors (Lipinski definition) is 6. The summed E-state index contributed by atoms with van der Waals surface area (Å²) in [5.74, 6) is -2.33. The number of rotatable bonds is 7. The van der Waals surface area contributed by atoms with Crippen molar-refractivity contribution in [1.29, 1.82) is 0 Å². The van der Waals surface area contributed by atoms with Crippen molar-refractivity contribution < 1.29 is 28.3 Å². The predicted molar refractivity (Wildman–Crippen MR) is 118 cm³/mol. The molecule has 2 aromatic carbocycles. The van der Waals surface area contributed by atoms with Gasteiger partial charge in [-0.1, -0.05) is 42.5 Å². The van der Waals surface area contributed by atoms with Crippen molar-refractivity contribution in [2.45, 2.75) is 0 Å². The molecule has 0 unspecified atom stereocenters. The van der Waals surface area contributed by atoms with E-state index in [1.807, 2.05) is 30.3 Å². The number of esters is 1. The van der Waals surface area contributed by atoms with Gasteiger partial charge in [-0.25, -0.2) is 9.69 Å². The molecule has 0 saturated carbocycles. The van der Waals surface area contributed by atoms with Crippen LogP contribution in [0.3, 0.4) is 0 Å². The molecule has 0 bridgehead atoms. The van der Waals surface area contributed by atoms with Crippen molar-refractivity contribution in [3.05, 3.63) is 107 Å². The molecule has 3 aromatic rings. The Labute approximate surface area is 188 Å². The van der Waals surface area contributed by atoms with E-state index in [9.17, 15) is 19.2 Å². The lowest BCUT2D eigenvalue weighted by Gasteiger charge is -2.15. The largest absolute Gasteiger partial charge is 0.465 e. The summed E-state index contributed by atoms with van der Waals surface area (Å²) in [6, 6.07) is 18.7. The average molecular weight is 442 g/mol. The number of imide groups is 1. The molecule has 1 aromatic heterocycles. The first kappa shape index (κ1) is 21.5. The summed E-state index contributed by atoms with van der Waals surface area (Å²) in [6.07, 6.45) is 5.55. The fourth-order valence-electron chi connectivity index (χ4n) is 3.13. The van der Waals surface area contributed by atoms with Crippen LogP contribution >= 0.6 is 0 Å². The Morgan fingerprint density at radius 3 is 2.21 bits per heavy atom. The third-order valence-corrected chi connectivity index (χ3v) is 4.74. The van der Waals surface area contributed by atoms with Crippen LogP contribution in [0.1, 0.15) is 32.0 Å². The maximum atomic E-state index is 12.7. The maximum absolute atomic E-state index is 12.7. The van der Waals surface area contributed by atoms with Crippen LogP contribution in [-0.2, 0) is 14.3 Å². The second kappa shape index (κ2) is 9.61. The Morgan fingerprint density at radius 1 is 0.909 bits per heavy atom. The van der Waals surface area contributed by atoms with Gasteiger partial charge in [0.2, 0.25) is 5.91 Å². The van der Waals surface area contributed by atoms with Crippen LogP contribution in [0.5, 0.6) is 0 Å². The minimum atomic E-state index is -0.940. The molecule has 3 amide bonds. The first-order valence-corrected chi connectivity index (χ1v) is 9.94. The Balaban J connectivity index is 1.45. The normalized spacial score (nSPS) is 13.3. The summed E-state index contributed by atoms with van der Waals surface area (Å²) < 4.78 is 10.4. The van der Waals surface area contributed by atoms with E-state index in [0.717, 1.165) is 10.5 Å². The molecule has 0 atom stereocenters. The van der Waals surface area contributed by atoms with E-state index >= 15 is 0 Å². The van der Waals surface area contributed by atoms with E-state index < -0.39 is 30.4 Å². The van der Waals surface area contributed by atoms with Gasteiger partial charge in [0.1, 0.15) is 11.5 Å². The van der Waals surface area contributed by atoms with Crippen LogP contribution in [0.2, 0.25) is 0 Å². The van der Waals surface area contributed by atoms with E-state index in [1.54, 1.807) is 30.3 Å². The molecule has 1 N–H and O–H groups in total. The SMILES string of the molecule is O=C(/C=C/c1ccccc1)N/C(=C/c1ccco1)C(=O)OCN1C(=O)c2ccccc2C1=O. The van der Waals surface area contributed by atoms with Gasteiger partial charge in [-0.05, 0) is 35.9 Å². The van der Waals surface area contributed by atoms with Gasteiger partial charge in [0, 0.05) is 12.2 Å². The minimum absolute atomic E-state index is 0.218. The molecule has 0 aliphatic carbocycles. The molecule has 164 valence electrons. The molecule has 0 fully saturated rings. The molecule has 4 rings (SSSR count). The highest BCUT2D eigenvalue weighted by Crippen LogP contribution is 2.22. The summed E-state index contributed by atoms with van der Waals surface area (Å²) in [4.78, 5) is 50.8. The van der Waals surface area contributed by atoms with Gasteiger partial charge in [0.15, 0.2) is 6.73 Å². The van der Waals surface area contributed by atoms with E-state index in [4.69, 9.17) is 9.15 Å². The van der Waals surface area contributed by atoms with E-state index in [2.05, 4.69) is 5.32 Å². The first-order chi connectivity index (χ1) is 16.0. The van der Waals surface area contributed by atoms with Gasteiger partial charge in [-0.2, -0.15) is 0 Å². The van der Waals surface area contributed by atoms with E-state index in [0.29, 0.717) is 5.76 Å². The van der Waals surface area contributed by atoms with Crippen molar-refractivity contribution in [2.24, 2.45) is 0 Å². The Kier molecular flexibility index (Phi) is 6.26. The Morgan fingerprint density at radius 2 is 1.58 bits per heavy atom. The van der Waals surface area contributed by atoms with Crippen LogP contribution in [0.4, 0.5) is 0 Å². The van der Waals surface area contributed by atoms with Crippen LogP contribution in [0.15, 0.2) is 89.2 Å². The molecule has 1 aliphatic rings. The van der Waals surface area contributed by atoms with Gasteiger partial charge < -0.3 is 14.5 Å². The molecule has 33 heavy (non-hydrogen) atoms. The third kappa shape index (κ3) is 4.96. The predicted octanol–water partition coefficient (Wildman–Crippen LogP) is 3.25. The van der Waals surface area contributed by atoms with Crippen molar-refractivity contribution >= 4 is 35.8 Å². The van der Waals surface area contributed by atoms with Crippen LogP contribution < -0.4 is 5.32 Å². The molecule has 0 saturated heterocycles. The molecule has 2 heterocycles. The number of fused-ring (bicyclic) bond motifs is 1. The van der Waals surface area contributed by atoms with Crippen molar-refractivity contribution in [2.75, 3.05) is 6.73 Å². The zero-order valence-electron chi connectivity index (χ0n) is 17.3. The molecular weight excluding hydrogens is 424 g/mol. The topological polar surface area (TPSA) is 106 Å².